The van der Waals surface area contributed by atoms with Gasteiger partial charge in [0.1, 0.15) is 4.90 Å². The zero-order valence-corrected chi connectivity index (χ0v) is 18.5. The largest absolute Gasteiger partial charge is 0.397 e. The summed E-state index contributed by atoms with van der Waals surface area (Å²) < 4.78 is 33.8. The van der Waals surface area contributed by atoms with Gasteiger partial charge in [0.2, 0.25) is 0 Å². The molecule has 0 aliphatic heterocycles. The fourth-order valence-corrected chi connectivity index (χ4v) is 5.94. The third-order valence-electron chi connectivity index (χ3n) is 6.22. The lowest BCUT2D eigenvalue weighted by Crippen LogP contribution is -2.36. The van der Waals surface area contributed by atoms with E-state index in [0.29, 0.717) is 5.92 Å². The number of nitrogen functional groups attached to an aromatic ring is 1. The molecule has 4 rings (SSSR count). The van der Waals surface area contributed by atoms with E-state index in [0.717, 1.165) is 19.3 Å². The monoisotopic (exact) mass is 458 g/mol. The zero-order chi connectivity index (χ0) is 22.7. The Bertz CT molecular complexity index is 1220. The summed E-state index contributed by atoms with van der Waals surface area (Å²) in [5.74, 6) is -0.497. The van der Waals surface area contributed by atoms with Crippen LogP contribution in [0.25, 0.3) is 0 Å². The van der Waals surface area contributed by atoms with Crippen molar-refractivity contribution in [1.29, 1.82) is 0 Å². The summed E-state index contributed by atoms with van der Waals surface area (Å²) in [5.41, 5.74) is 6.19. The van der Waals surface area contributed by atoms with Gasteiger partial charge in [-0.15, -0.1) is 0 Å². The highest BCUT2D eigenvalue weighted by Gasteiger charge is 2.38. The third-order valence-corrected chi connectivity index (χ3v) is 7.12. The minimum absolute atomic E-state index is 0. The fraction of sp³-hybridized carbons (Fsp3) is 0.417. The molecular weight excluding hydrogens is 428 g/mol. The van der Waals surface area contributed by atoms with E-state index >= 15 is 0 Å². The molecule has 0 aromatic heterocycles. The highest BCUT2D eigenvalue weighted by Crippen LogP contribution is 2.43. The number of nitrogens with two attached hydrogens (primary N) is 1. The standard InChI is InChI=1S/C23H26N2O5S.CH4/c1-12-8-13(11-23(2,3)10-12)25-16-9-17(31(28,29)30)20(24)19-18(16)21(26)14-6-4-5-7-15(14)22(19)27;/h4-7,9,12-13,25H,8,10-11,24H2,1-3H3,(H,28,29,30);1H4. The Hall–Kier alpha value is -2.71. The molecule has 0 saturated heterocycles. The van der Waals surface area contributed by atoms with Gasteiger partial charge in [-0.3, -0.25) is 14.1 Å². The minimum atomic E-state index is -4.71. The van der Waals surface area contributed by atoms with Crippen molar-refractivity contribution in [1.82, 2.24) is 0 Å². The Morgan fingerprint density at radius 1 is 1.06 bits per heavy atom. The summed E-state index contributed by atoms with van der Waals surface area (Å²) >= 11 is 0. The highest BCUT2D eigenvalue weighted by atomic mass is 32.2. The molecule has 2 unspecified atom stereocenters. The molecular formula is C24H30N2O5S. The van der Waals surface area contributed by atoms with Crippen molar-refractivity contribution >= 4 is 33.1 Å². The predicted octanol–water partition coefficient (Wildman–Crippen LogP) is 4.55. The quantitative estimate of drug-likeness (QED) is 0.388. The van der Waals surface area contributed by atoms with E-state index in [-0.39, 0.29) is 46.8 Å². The molecule has 2 aromatic carbocycles. The Morgan fingerprint density at radius 3 is 2.16 bits per heavy atom. The molecule has 2 atom stereocenters. The van der Waals surface area contributed by atoms with Crippen LogP contribution in [0.3, 0.4) is 0 Å². The van der Waals surface area contributed by atoms with Gasteiger partial charge < -0.3 is 11.1 Å². The second-order valence-electron chi connectivity index (χ2n) is 9.52. The van der Waals surface area contributed by atoms with Crippen LogP contribution >= 0.6 is 0 Å². The first-order valence-corrected chi connectivity index (χ1v) is 11.7. The van der Waals surface area contributed by atoms with Gasteiger partial charge in [-0.1, -0.05) is 52.5 Å². The van der Waals surface area contributed by atoms with Crippen molar-refractivity contribution < 1.29 is 22.6 Å². The number of hydrogen-bond acceptors (Lipinski definition) is 6. The zero-order valence-electron chi connectivity index (χ0n) is 17.7. The van der Waals surface area contributed by atoms with Gasteiger partial charge >= 0.3 is 0 Å². The maximum atomic E-state index is 13.4. The number of hydrogen-bond donors (Lipinski definition) is 3. The molecule has 2 aromatic rings. The van der Waals surface area contributed by atoms with E-state index in [9.17, 15) is 22.6 Å². The van der Waals surface area contributed by atoms with E-state index < -0.39 is 32.3 Å². The number of ketones is 2. The number of fused-ring (bicyclic) bond motifs is 2. The lowest BCUT2D eigenvalue weighted by atomic mass is 9.70. The van der Waals surface area contributed by atoms with Crippen LogP contribution in [0.1, 0.15) is 79.3 Å². The van der Waals surface area contributed by atoms with Crippen molar-refractivity contribution in [3.05, 3.63) is 52.6 Å². The van der Waals surface area contributed by atoms with Crippen molar-refractivity contribution in [2.45, 2.75) is 58.4 Å². The van der Waals surface area contributed by atoms with E-state index in [2.05, 4.69) is 26.1 Å². The Labute approximate surface area is 189 Å². The normalized spacial score (nSPS) is 21.9. The summed E-state index contributed by atoms with van der Waals surface area (Å²) in [6, 6.07) is 7.53. The average molecular weight is 459 g/mol. The highest BCUT2D eigenvalue weighted by molar-refractivity contribution is 7.86. The van der Waals surface area contributed by atoms with Crippen molar-refractivity contribution in [3.63, 3.8) is 0 Å². The molecule has 0 radical (unpaired) electrons. The van der Waals surface area contributed by atoms with Crippen molar-refractivity contribution in [3.8, 4) is 0 Å². The summed E-state index contributed by atoms with van der Waals surface area (Å²) in [7, 11) is -4.71. The molecule has 1 saturated carbocycles. The van der Waals surface area contributed by atoms with Gasteiger partial charge in [0.25, 0.3) is 10.1 Å². The molecule has 32 heavy (non-hydrogen) atoms. The first-order valence-electron chi connectivity index (χ1n) is 10.3. The maximum Gasteiger partial charge on any atom is 0.296 e. The van der Waals surface area contributed by atoms with Gasteiger partial charge in [0, 0.05) is 22.9 Å². The van der Waals surface area contributed by atoms with Crippen LogP contribution in [0.4, 0.5) is 11.4 Å². The molecule has 2 aliphatic rings. The predicted molar refractivity (Wildman–Crippen MR) is 125 cm³/mol. The first-order chi connectivity index (χ1) is 14.4. The number of nitrogens with one attached hydrogen (secondary N) is 1. The SMILES string of the molecule is C.CC1CC(Nc2cc(S(=O)(=O)O)c(N)c3c2C(=O)c2ccccc2C3=O)CC(C)(C)C1. The van der Waals surface area contributed by atoms with Crippen LogP contribution in [-0.2, 0) is 10.1 Å². The van der Waals surface area contributed by atoms with Crippen LogP contribution in [0, 0.1) is 11.3 Å². The minimum Gasteiger partial charge on any atom is -0.397 e. The van der Waals surface area contributed by atoms with Crippen LogP contribution in [0.5, 0.6) is 0 Å². The smallest absolute Gasteiger partial charge is 0.296 e. The molecule has 4 N–H and O–H groups in total. The van der Waals surface area contributed by atoms with Crippen molar-refractivity contribution in [2.75, 3.05) is 11.1 Å². The van der Waals surface area contributed by atoms with Gasteiger partial charge in [-0.2, -0.15) is 8.42 Å². The molecule has 8 heteroatoms. The number of carbonyl (C=O) groups is 2. The average Bonchev–Trinajstić information content (AvgIpc) is 2.64. The van der Waals surface area contributed by atoms with Crippen LogP contribution in [0.15, 0.2) is 35.2 Å². The molecule has 0 heterocycles. The van der Waals surface area contributed by atoms with E-state index in [1.807, 2.05) is 0 Å². The van der Waals surface area contributed by atoms with Crippen LogP contribution in [-0.4, -0.2) is 30.6 Å². The number of carbonyl (C=O) groups excluding carboxylic acids is 2. The van der Waals surface area contributed by atoms with E-state index in [1.54, 1.807) is 18.2 Å². The Balaban J connectivity index is 0.00000289. The van der Waals surface area contributed by atoms with E-state index in [1.165, 1.54) is 12.1 Å². The van der Waals surface area contributed by atoms with Gasteiger partial charge in [0.15, 0.2) is 11.6 Å². The Kier molecular flexibility index (Phi) is 5.99. The third kappa shape index (κ3) is 4.04. The van der Waals surface area contributed by atoms with Crippen LogP contribution < -0.4 is 11.1 Å². The molecule has 0 bridgehead atoms. The molecule has 7 nitrogen and oxygen atoms in total. The lowest BCUT2D eigenvalue weighted by molar-refractivity contribution is 0.0980. The fourth-order valence-electron chi connectivity index (χ4n) is 5.30. The van der Waals surface area contributed by atoms with Gasteiger partial charge in [-0.05, 0) is 36.7 Å². The van der Waals surface area contributed by atoms with Gasteiger partial charge in [-0.25, -0.2) is 0 Å². The molecule has 0 amide bonds. The summed E-state index contributed by atoms with van der Waals surface area (Å²) in [4.78, 5) is 26.0. The lowest BCUT2D eigenvalue weighted by Gasteiger charge is -2.40. The van der Waals surface area contributed by atoms with Crippen LogP contribution in [0.2, 0.25) is 0 Å². The topological polar surface area (TPSA) is 127 Å². The molecule has 0 spiro atoms. The second-order valence-corrected chi connectivity index (χ2v) is 10.9. The van der Waals surface area contributed by atoms with Crippen molar-refractivity contribution in [2.24, 2.45) is 11.3 Å². The number of rotatable bonds is 3. The summed E-state index contributed by atoms with van der Waals surface area (Å²) in [6.07, 6.45) is 2.71. The second kappa shape index (κ2) is 8.01. The maximum absolute atomic E-state index is 13.4. The molecule has 1 fully saturated rings. The summed E-state index contributed by atoms with van der Waals surface area (Å²) in [5, 5.41) is 3.31. The Morgan fingerprint density at radius 2 is 1.62 bits per heavy atom. The number of benzene rings is 2. The summed E-state index contributed by atoms with van der Waals surface area (Å²) in [6.45, 7) is 6.50. The number of anilines is 2. The molecule has 2 aliphatic carbocycles. The first kappa shape index (κ1) is 23.9. The van der Waals surface area contributed by atoms with E-state index in [4.69, 9.17) is 5.73 Å². The molecule has 172 valence electrons. The van der Waals surface area contributed by atoms with Gasteiger partial charge in [0.05, 0.1) is 16.8 Å².